The summed E-state index contributed by atoms with van der Waals surface area (Å²) in [6.07, 6.45) is 7.63. The van der Waals surface area contributed by atoms with Crippen LogP contribution in [-0.4, -0.2) is 24.3 Å². The number of hydrogen-bond acceptors (Lipinski definition) is 3. The van der Waals surface area contributed by atoms with Crippen LogP contribution in [0.25, 0.3) is 0 Å². The van der Waals surface area contributed by atoms with Crippen LogP contribution in [0.1, 0.15) is 39.5 Å². The van der Waals surface area contributed by atoms with Crippen LogP contribution in [-0.2, 0) is 14.3 Å². The molecule has 0 spiro atoms. The Hall–Kier alpha value is -0.670. The Morgan fingerprint density at radius 3 is 2.94 bits per heavy atom. The minimum atomic E-state index is -0.473. The summed E-state index contributed by atoms with van der Waals surface area (Å²) in [6, 6.07) is 0. The number of fused-ring (bicyclic) bond motifs is 1. The summed E-state index contributed by atoms with van der Waals surface area (Å²) < 4.78 is 11.9. The first-order valence-electron chi connectivity index (χ1n) is 6.56. The van der Waals surface area contributed by atoms with Crippen molar-refractivity contribution in [1.82, 2.24) is 0 Å². The van der Waals surface area contributed by atoms with E-state index in [0.29, 0.717) is 0 Å². The fourth-order valence-corrected chi connectivity index (χ4v) is 3.45. The van der Waals surface area contributed by atoms with Crippen molar-refractivity contribution in [2.24, 2.45) is 11.3 Å². The average molecular weight is 236 g/mol. The van der Waals surface area contributed by atoms with E-state index in [1.807, 2.05) is 13.0 Å². The molecule has 2 aliphatic heterocycles. The molecule has 3 rings (SSSR count). The number of ketones is 1. The lowest BCUT2D eigenvalue weighted by atomic mass is 9.76. The van der Waals surface area contributed by atoms with E-state index in [1.165, 1.54) is 0 Å². The highest BCUT2D eigenvalue weighted by Gasteiger charge is 2.59. The summed E-state index contributed by atoms with van der Waals surface area (Å²) in [5.74, 6) is -0.199. The van der Waals surface area contributed by atoms with Crippen molar-refractivity contribution in [3.8, 4) is 0 Å². The second-order valence-corrected chi connectivity index (χ2v) is 5.95. The minimum Gasteiger partial charge on any atom is -0.350 e. The topological polar surface area (TPSA) is 35.5 Å². The number of hydrogen-bond donors (Lipinski definition) is 0. The van der Waals surface area contributed by atoms with E-state index < -0.39 is 5.79 Å². The highest BCUT2D eigenvalue weighted by molar-refractivity contribution is 5.92. The van der Waals surface area contributed by atoms with Crippen molar-refractivity contribution in [3.63, 3.8) is 0 Å². The molecule has 3 aliphatic rings. The van der Waals surface area contributed by atoms with E-state index in [4.69, 9.17) is 9.47 Å². The van der Waals surface area contributed by atoms with Crippen molar-refractivity contribution < 1.29 is 14.3 Å². The van der Waals surface area contributed by atoms with Gasteiger partial charge in [-0.1, -0.05) is 13.0 Å². The summed E-state index contributed by atoms with van der Waals surface area (Å²) in [6.45, 7) is 5.03. The molecular weight excluding hydrogens is 216 g/mol. The van der Waals surface area contributed by atoms with Gasteiger partial charge in [-0.2, -0.15) is 0 Å². The first-order chi connectivity index (χ1) is 8.04. The highest BCUT2D eigenvalue weighted by Crippen LogP contribution is 2.55. The van der Waals surface area contributed by atoms with Crippen molar-refractivity contribution in [2.45, 2.75) is 51.4 Å². The van der Waals surface area contributed by atoms with Gasteiger partial charge in [-0.05, 0) is 38.7 Å². The zero-order valence-corrected chi connectivity index (χ0v) is 10.6. The average Bonchev–Trinajstić information content (AvgIpc) is 2.67. The van der Waals surface area contributed by atoms with Gasteiger partial charge in [0.15, 0.2) is 11.6 Å². The zero-order chi connectivity index (χ0) is 12.1. The largest absolute Gasteiger partial charge is 0.350 e. The van der Waals surface area contributed by atoms with Crippen LogP contribution in [0.15, 0.2) is 12.2 Å². The highest BCUT2D eigenvalue weighted by atomic mass is 16.7. The lowest BCUT2D eigenvalue weighted by Gasteiger charge is -2.30. The van der Waals surface area contributed by atoms with E-state index in [-0.39, 0.29) is 23.2 Å². The Kier molecular flexibility index (Phi) is 2.46. The molecule has 0 N–H and O–H groups in total. The van der Waals surface area contributed by atoms with Crippen molar-refractivity contribution in [2.75, 3.05) is 6.61 Å². The van der Waals surface area contributed by atoms with E-state index in [1.54, 1.807) is 6.08 Å². The molecule has 0 aromatic carbocycles. The van der Waals surface area contributed by atoms with E-state index >= 15 is 0 Å². The van der Waals surface area contributed by atoms with Crippen LogP contribution in [0.3, 0.4) is 0 Å². The van der Waals surface area contributed by atoms with Crippen molar-refractivity contribution in [3.05, 3.63) is 12.2 Å². The van der Waals surface area contributed by atoms with Gasteiger partial charge in [-0.15, -0.1) is 0 Å². The van der Waals surface area contributed by atoms with Crippen LogP contribution < -0.4 is 0 Å². The number of allylic oxidation sites excluding steroid dienone is 2. The molecule has 2 heterocycles. The predicted octanol–water partition coefficient (Wildman–Crippen LogP) is 2.45. The molecular formula is C14H20O3. The number of carbonyl (C=O) groups is 1. The van der Waals surface area contributed by atoms with Gasteiger partial charge in [-0.3, -0.25) is 4.79 Å². The van der Waals surface area contributed by atoms with E-state index in [9.17, 15) is 4.79 Å². The molecule has 0 unspecified atom stereocenters. The maximum absolute atomic E-state index is 11.9. The Morgan fingerprint density at radius 1 is 1.41 bits per heavy atom. The molecule has 94 valence electrons. The van der Waals surface area contributed by atoms with Crippen molar-refractivity contribution >= 4 is 5.78 Å². The Morgan fingerprint density at radius 2 is 2.24 bits per heavy atom. The SMILES string of the molecule is C[C@@]12CCO[C@]1(C)O[C@@H]([C@H]1CCC=CC1=O)C2. The lowest BCUT2D eigenvalue weighted by molar-refractivity contribution is -0.222. The zero-order valence-electron chi connectivity index (χ0n) is 10.6. The lowest BCUT2D eigenvalue weighted by Crippen LogP contribution is -2.37. The maximum Gasteiger partial charge on any atom is 0.171 e. The number of rotatable bonds is 1. The fraction of sp³-hybridized carbons (Fsp3) is 0.786. The Bertz CT molecular complexity index is 358. The summed E-state index contributed by atoms with van der Waals surface area (Å²) >= 11 is 0. The van der Waals surface area contributed by atoms with Gasteiger partial charge in [0, 0.05) is 11.3 Å². The summed E-state index contributed by atoms with van der Waals surface area (Å²) in [5.41, 5.74) is 0.0824. The molecule has 3 nitrogen and oxygen atoms in total. The van der Waals surface area contributed by atoms with Gasteiger partial charge >= 0.3 is 0 Å². The normalized spacial score (nSPS) is 49.6. The molecule has 2 fully saturated rings. The minimum absolute atomic E-state index is 0.0442. The van der Waals surface area contributed by atoms with Gasteiger partial charge in [0.05, 0.1) is 12.7 Å². The van der Waals surface area contributed by atoms with Gasteiger partial charge in [0.2, 0.25) is 0 Å². The molecule has 3 heteroatoms. The molecule has 0 aromatic rings. The fourth-order valence-electron chi connectivity index (χ4n) is 3.45. The van der Waals surface area contributed by atoms with Gasteiger partial charge in [0.1, 0.15) is 0 Å². The summed E-state index contributed by atoms with van der Waals surface area (Å²) in [5, 5.41) is 0. The Labute approximate surface area is 102 Å². The second kappa shape index (κ2) is 3.66. The molecule has 0 saturated carbocycles. The number of ether oxygens (including phenoxy) is 2. The molecule has 0 bridgehead atoms. The molecule has 0 aromatic heterocycles. The molecule has 17 heavy (non-hydrogen) atoms. The molecule has 0 amide bonds. The monoisotopic (exact) mass is 236 g/mol. The van der Waals surface area contributed by atoms with Crippen LogP contribution in [0, 0.1) is 11.3 Å². The first kappa shape index (κ1) is 11.4. The molecule has 4 atom stereocenters. The smallest absolute Gasteiger partial charge is 0.171 e. The predicted molar refractivity (Wildman–Crippen MR) is 63.4 cm³/mol. The van der Waals surface area contributed by atoms with Gasteiger partial charge < -0.3 is 9.47 Å². The Balaban J connectivity index is 1.80. The van der Waals surface area contributed by atoms with Gasteiger partial charge in [-0.25, -0.2) is 0 Å². The standard InChI is InChI=1S/C14H20O3/c1-13-7-8-16-14(13,2)17-12(9-13)10-5-3-4-6-11(10)15/h4,6,10,12H,3,5,7-9H2,1-2H3/t10-,12+,13-,14+/m0/s1. The van der Waals surface area contributed by atoms with Crippen molar-refractivity contribution in [1.29, 1.82) is 0 Å². The third-order valence-corrected chi connectivity index (χ3v) is 4.90. The molecule has 2 saturated heterocycles. The second-order valence-electron chi connectivity index (χ2n) is 5.95. The number of carbonyl (C=O) groups excluding carboxylic acids is 1. The summed E-state index contributed by atoms with van der Waals surface area (Å²) in [4.78, 5) is 11.9. The van der Waals surface area contributed by atoms with Crippen LogP contribution in [0.2, 0.25) is 0 Å². The van der Waals surface area contributed by atoms with E-state index in [2.05, 4.69) is 6.92 Å². The third-order valence-electron chi connectivity index (χ3n) is 4.90. The quantitative estimate of drug-likeness (QED) is 0.701. The molecule has 1 aliphatic carbocycles. The van der Waals surface area contributed by atoms with Gasteiger partial charge in [0.25, 0.3) is 0 Å². The van der Waals surface area contributed by atoms with Crippen LogP contribution >= 0.6 is 0 Å². The maximum atomic E-state index is 11.9. The van der Waals surface area contributed by atoms with Crippen LogP contribution in [0.4, 0.5) is 0 Å². The molecule has 0 radical (unpaired) electrons. The van der Waals surface area contributed by atoms with Crippen LogP contribution in [0.5, 0.6) is 0 Å². The summed E-state index contributed by atoms with van der Waals surface area (Å²) in [7, 11) is 0. The first-order valence-corrected chi connectivity index (χ1v) is 6.56. The third kappa shape index (κ3) is 1.59. The van der Waals surface area contributed by atoms with E-state index in [0.717, 1.165) is 32.3 Å².